The lowest BCUT2D eigenvalue weighted by Crippen LogP contribution is -2.61. The Hall–Kier alpha value is -9.32. The van der Waals surface area contributed by atoms with Gasteiger partial charge >= 0.3 is 0 Å². The van der Waals surface area contributed by atoms with Crippen LogP contribution in [0.15, 0.2) is 237 Å². The third-order valence-corrected chi connectivity index (χ3v) is 19.1. The molecule has 0 bridgehead atoms. The maximum atomic E-state index is 2.62. The van der Waals surface area contributed by atoms with Crippen molar-refractivity contribution in [3.8, 4) is 22.3 Å². The van der Waals surface area contributed by atoms with Gasteiger partial charge in [0, 0.05) is 56.9 Å². The number of nitrogens with zero attached hydrogens (tertiary/aromatic N) is 4. The summed E-state index contributed by atoms with van der Waals surface area (Å²) in [6, 6.07) is 90.1. The van der Waals surface area contributed by atoms with Crippen LogP contribution in [-0.2, 0) is 21.7 Å². The van der Waals surface area contributed by atoms with Crippen molar-refractivity contribution in [2.24, 2.45) is 0 Å². The Labute approximate surface area is 543 Å². The van der Waals surface area contributed by atoms with Crippen molar-refractivity contribution in [1.29, 1.82) is 0 Å². The first-order chi connectivity index (χ1) is 43.3. The lowest BCUT2D eigenvalue weighted by Gasteiger charge is -2.45. The number of rotatable bonds is 10. The molecule has 0 unspecified atom stereocenters. The fraction of sp³-hybridized carbons (Fsp3) is 0.233. The van der Waals surface area contributed by atoms with Crippen LogP contribution >= 0.6 is 0 Å². The van der Waals surface area contributed by atoms with E-state index in [0.29, 0.717) is 0 Å². The van der Waals surface area contributed by atoms with E-state index >= 15 is 0 Å². The summed E-state index contributed by atoms with van der Waals surface area (Å²) in [6.07, 6.45) is 0. The topological polar surface area (TPSA) is 13.0 Å². The summed E-state index contributed by atoms with van der Waals surface area (Å²) in [5, 5.41) is 0. The van der Waals surface area contributed by atoms with E-state index in [1.807, 2.05) is 0 Å². The average Bonchev–Trinajstić information content (AvgIpc) is 0.696. The van der Waals surface area contributed by atoms with Crippen molar-refractivity contribution < 1.29 is 0 Å². The summed E-state index contributed by atoms with van der Waals surface area (Å²) in [7, 11) is 0. The van der Waals surface area contributed by atoms with Crippen LogP contribution in [0, 0.1) is 27.7 Å². The second-order valence-electron chi connectivity index (χ2n) is 29.8. The number of benzene rings is 11. The van der Waals surface area contributed by atoms with Gasteiger partial charge in [-0.2, -0.15) is 0 Å². The second kappa shape index (κ2) is 22.9. The molecule has 0 saturated heterocycles. The predicted octanol–water partition coefficient (Wildman–Crippen LogP) is 22.5. The molecule has 0 atom stereocenters. The van der Waals surface area contributed by atoms with Gasteiger partial charge in [-0.1, -0.05) is 210 Å². The van der Waals surface area contributed by atoms with Gasteiger partial charge in [-0.25, -0.2) is 0 Å². The average molecular weight is 1190 g/mol. The molecule has 2 aliphatic rings. The fourth-order valence-electron chi connectivity index (χ4n) is 14.2. The zero-order chi connectivity index (χ0) is 64.1. The van der Waals surface area contributed by atoms with Gasteiger partial charge in [0.05, 0.1) is 11.4 Å². The van der Waals surface area contributed by atoms with Gasteiger partial charge in [0.1, 0.15) is 0 Å². The first-order valence-corrected chi connectivity index (χ1v) is 32.7. The van der Waals surface area contributed by atoms with Crippen molar-refractivity contribution in [1.82, 2.24) is 0 Å². The highest BCUT2D eigenvalue weighted by Crippen LogP contribution is 2.51. The number of anilines is 12. The molecule has 11 aromatic rings. The van der Waals surface area contributed by atoms with Crippen LogP contribution in [0.5, 0.6) is 0 Å². The van der Waals surface area contributed by atoms with Crippen molar-refractivity contribution >= 4 is 91.3 Å². The number of hydrogen-bond acceptors (Lipinski definition) is 4. The maximum Gasteiger partial charge on any atom is 0.252 e. The molecule has 13 rings (SSSR count). The Bertz CT molecular complexity index is 4070. The van der Waals surface area contributed by atoms with E-state index in [9.17, 15) is 0 Å². The lowest BCUT2D eigenvalue weighted by molar-refractivity contribution is 0.590. The molecule has 5 heteroatoms. The standard InChI is InChI=1S/C86H87BN4/c1-56-50-62(60-24-19-17-20-25-60)51-57(2)81(56)90-76-28-23-29-77-80(76)87(74-48-46-72(54-78(74)90)88(68-38-30-64(31-39-68)83(5,6)7)69-40-32-65(33-41-69)84(8,9)10)75-49-47-73(55-79(75)91(77)82-58(3)52-63(53-59(82)4)61-26-21-18-22-27-61)89(70-42-34-66(35-43-70)85(11,12)13)71-44-36-67(37-45-71)86(14,15)16/h17-55H,1-16H3. The fourth-order valence-corrected chi connectivity index (χ4v) is 14.2. The molecular formula is C86H87BN4. The summed E-state index contributed by atoms with van der Waals surface area (Å²) in [5.74, 6) is 0. The quantitative estimate of drug-likeness (QED) is 0.127. The summed E-state index contributed by atoms with van der Waals surface area (Å²) >= 11 is 0. The first kappa shape index (κ1) is 60.6. The Kier molecular flexibility index (Phi) is 15.2. The molecule has 0 radical (unpaired) electrons. The van der Waals surface area contributed by atoms with Crippen LogP contribution in [0.4, 0.5) is 68.2 Å². The van der Waals surface area contributed by atoms with E-state index in [1.165, 1.54) is 106 Å². The van der Waals surface area contributed by atoms with Gasteiger partial charge in [0.15, 0.2) is 0 Å². The Morgan fingerprint density at radius 2 is 0.538 bits per heavy atom. The zero-order valence-electron chi connectivity index (χ0n) is 56.4. The smallest absolute Gasteiger partial charge is 0.252 e. The van der Waals surface area contributed by atoms with Crippen molar-refractivity contribution in [3.05, 3.63) is 281 Å². The molecule has 2 heterocycles. The van der Waals surface area contributed by atoms with E-state index in [2.05, 4.69) is 367 Å². The van der Waals surface area contributed by atoms with E-state index in [4.69, 9.17) is 0 Å². The second-order valence-corrected chi connectivity index (χ2v) is 29.8. The van der Waals surface area contributed by atoms with Crippen molar-refractivity contribution in [2.75, 3.05) is 19.6 Å². The normalized spacial score (nSPS) is 13.0. The predicted molar refractivity (Wildman–Crippen MR) is 394 cm³/mol. The molecule has 0 aliphatic carbocycles. The molecule has 454 valence electrons. The van der Waals surface area contributed by atoms with E-state index < -0.39 is 0 Å². The summed E-state index contributed by atoms with van der Waals surface area (Å²) in [4.78, 5) is 10.2. The third-order valence-electron chi connectivity index (χ3n) is 19.1. The van der Waals surface area contributed by atoms with Crippen LogP contribution in [0.2, 0.25) is 0 Å². The van der Waals surface area contributed by atoms with Gasteiger partial charge in [0.2, 0.25) is 0 Å². The summed E-state index contributed by atoms with van der Waals surface area (Å²) in [5.41, 5.74) is 32.5. The number of fused-ring (bicyclic) bond motifs is 4. The van der Waals surface area contributed by atoms with Crippen molar-refractivity contribution in [3.63, 3.8) is 0 Å². The highest BCUT2D eigenvalue weighted by atomic mass is 15.2. The van der Waals surface area contributed by atoms with Gasteiger partial charge in [0.25, 0.3) is 6.71 Å². The Morgan fingerprint density at radius 1 is 0.264 bits per heavy atom. The van der Waals surface area contributed by atoms with E-state index in [0.717, 1.165) is 45.5 Å². The molecule has 0 aromatic heterocycles. The molecule has 0 fully saturated rings. The molecule has 2 aliphatic heterocycles. The molecule has 0 saturated carbocycles. The van der Waals surface area contributed by atoms with E-state index in [-0.39, 0.29) is 28.4 Å². The monoisotopic (exact) mass is 1190 g/mol. The molecule has 91 heavy (non-hydrogen) atoms. The van der Waals surface area contributed by atoms with Gasteiger partial charge in [-0.05, 0) is 242 Å². The lowest BCUT2D eigenvalue weighted by atomic mass is 9.33. The van der Waals surface area contributed by atoms with Crippen LogP contribution in [0.3, 0.4) is 0 Å². The molecular weight excluding hydrogens is 1100 g/mol. The van der Waals surface area contributed by atoms with Crippen molar-refractivity contribution in [2.45, 2.75) is 132 Å². The van der Waals surface area contributed by atoms with Gasteiger partial charge in [-0.15, -0.1) is 0 Å². The number of hydrogen-bond donors (Lipinski definition) is 0. The Morgan fingerprint density at radius 3 is 0.813 bits per heavy atom. The van der Waals surface area contributed by atoms with Crippen LogP contribution in [0.1, 0.15) is 128 Å². The molecule has 0 amide bonds. The van der Waals surface area contributed by atoms with Crippen LogP contribution in [0.25, 0.3) is 22.3 Å². The zero-order valence-corrected chi connectivity index (χ0v) is 56.4. The minimum absolute atomic E-state index is 0.00535. The van der Waals surface area contributed by atoms with Gasteiger partial charge < -0.3 is 19.6 Å². The SMILES string of the molecule is Cc1cc(-c2ccccc2)cc(C)c1N1c2cc(N(c3ccc(C(C)(C)C)cc3)c3ccc(C(C)(C)C)cc3)ccc2B2c3ccc(N(c4ccc(C(C)(C)C)cc4)c4ccc(C(C)(C)C)cc4)cc3N(c3c(C)cc(-c4ccccc4)cc3C)c3cccc1c32. The molecule has 4 nitrogen and oxygen atoms in total. The highest BCUT2D eigenvalue weighted by Gasteiger charge is 2.45. The third kappa shape index (κ3) is 11.3. The van der Waals surface area contributed by atoms with Gasteiger partial charge in [-0.3, -0.25) is 0 Å². The summed E-state index contributed by atoms with van der Waals surface area (Å²) < 4.78 is 0. The molecule has 11 aromatic carbocycles. The minimum atomic E-state index is -0.128. The number of aryl methyl sites for hydroxylation is 4. The van der Waals surface area contributed by atoms with Crippen LogP contribution < -0.4 is 36.0 Å². The highest BCUT2D eigenvalue weighted by molar-refractivity contribution is 7.00. The van der Waals surface area contributed by atoms with E-state index in [1.54, 1.807) is 0 Å². The molecule has 0 N–H and O–H groups in total. The minimum Gasteiger partial charge on any atom is -0.311 e. The Balaban J connectivity index is 1.09. The van der Waals surface area contributed by atoms with Crippen LogP contribution in [-0.4, -0.2) is 6.71 Å². The summed E-state index contributed by atoms with van der Waals surface area (Å²) in [6.45, 7) is 36.6. The largest absolute Gasteiger partial charge is 0.311 e. The maximum absolute atomic E-state index is 2.62. The first-order valence-electron chi connectivity index (χ1n) is 32.7. The molecule has 0 spiro atoms.